The maximum atomic E-state index is 11.9. The molecule has 0 atom stereocenters. The molecule has 4 heteroatoms. The summed E-state index contributed by atoms with van der Waals surface area (Å²) >= 11 is 0. The molecule has 0 saturated heterocycles. The van der Waals surface area contributed by atoms with Crippen LogP contribution in [0.1, 0.15) is 52.8 Å². The van der Waals surface area contributed by atoms with Gasteiger partial charge in [0.15, 0.2) is 0 Å². The van der Waals surface area contributed by atoms with E-state index in [1.54, 1.807) is 12.1 Å². The van der Waals surface area contributed by atoms with E-state index in [0.29, 0.717) is 12.1 Å². The van der Waals surface area contributed by atoms with E-state index in [-0.39, 0.29) is 11.5 Å². The first-order valence-corrected chi connectivity index (χ1v) is 6.78. The van der Waals surface area contributed by atoms with Gasteiger partial charge in [-0.3, -0.25) is 4.79 Å². The van der Waals surface area contributed by atoms with E-state index in [9.17, 15) is 9.59 Å². The molecule has 0 radical (unpaired) electrons. The Morgan fingerprint density at radius 1 is 1.21 bits per heavy atom. The van der Waals surface area contributed by atoms with Crippen LogP contribution in [0, 0.1) is 5.92 Å². The number of carboxylic acids is 1. The maximum absolute atomic E-state index is 11.9. The molecule has 4 nitrogen and oxygen atoms in total. The van der Waals surface area contributed by atoms with Gasteiger partial charge in [-0.1, -0.05) is 31.7 Å². The number of aromatic carboxylic acids is 1. The summed E-state index contributed by atoms with van der Waals surface area (Å²) in [5.74, 6) is -0.465. The lowest BCUT2D eigenvalue weighted by atomic mass is 10.0. The number of nitrogens with one attached hydrogen (secondary N) is 1. The van der Waals surface area contributed by atoms with E-state index in [1.807, 2.05) is 0 Å². The average Bonchev–Trinajstić information content (AvgIpc) is 2.92. The minimum Gasteiger partial charge on any atom is -0.478 e. The van der Waals surface area contributed by atoms with Crippen molar-refractivity contribution in [1.82, 2.24) is 5.32 Å². The monoisotopic (exact) mass is 261 g/mol. The molecule has 0 bridgehead atoms. The van der Waals surface area contributed by atoms with E-state index in [4.69, 9.17) is 5.11 Å². The molecule has 0 unspecified atom stereocenters. The molecule has 1 aliphatic carbocycles. The third-order valence-electron chi connectivity index (χ3n) is 3.68. The van der Waals surface area contributed by atoms with E-state index in [0.717, 1.165) is 12.3 Å². The summed E-state index contributed by atoms with van der Waals surface area (Å²) in [6.45, 7) is 0.667. The second kappa shape index (κ2) is 6.36. The fourth-order valence-electron chi connectivity index (χ4n) is 2.58. The van der Waals surface area contributed by atoms with E-state index in [2.05, 4.69) is 5.32 Å². The summed E-state index contributed by atoms with van der Waals surface area (Å²) in [4.78, 5) is 22.7. The van der Waals surface area contributed by atoms with E-state index < -0.39 is 5.97 Å². The number of carboxylic acid groups (broad SMARTS) is 1. The van der Waals surface area contributed by atoms with Crippen LogP contribution >= 0.6 is 0 Å². The number of hydrogen-bond donors (Lipinski definition) is 2. The Hall–Kier alpha value is -1.84. The number of benzene rings is 1. The maximum Gasteiger partial charge on any atom is 0.335 e. The molecular formula is C15H19NO3. The van der Waals surface area contributed by atoms with Crippen LogP contribution in [0.5, 0.6) is 0 Å². The van der Waals surface area contributed by atoms with Gasteiger partial charge in [-0.15, -0.1) is 0 Å². The quantitative estimate of drug-likeness (QED) is 0.856. The summed E-state index contributed by atoms with van der Waals surface area (Å²) < 4.78 is 0. The molecule has 0 heterocycles. The molecule has 19 heavy (non-hydrogen) atoms. The largest absolute Gasteiger partial charge is 0.478 e. The normalized spacial score (nSPS) is 15.4. The van der Waals surface area contributed by atoms with Crippen molar-refractivity contribution in [3.8, 4) is 0 Å². The van der Waals surface area contributed by atoms with Crippen molar-refractivity contribution in [1.29, 1.82) is 0 Å². The molecule has 0 aromatic heterocycles. The van der Waals surface area contributed by atoms with Gasteiger partial charge in [0.2, 0.25) is 0 Å². The van der Waals surface area contributed by atoms with E-state index in [1.165, 1.54) is 37.8 Å². The average molecular weight is 261 g/mol. The van der Waals surface area contributed by atoms with Gasteiger partial charge in [-0.25, -0.2) is 4.79 Å². The standard InChI is InChI=1S/C15H19NO3/c17-14(16-9-8-11-4-1-2-5-11)12-6-3-7-13(10-12)15(18)19/h3,6-7,10-11H,1-2,4-5,8-9H2,(H,16,17)(H,18,19). The van der Waals surface area contributed by atoms with Crippen LogP contribution in [0.3, 0.4) is 0 Å². The van der Waals surface area contributed by atoms with Gasteiger partial charge in [0.25, 0.3) is 5.91 Å². The predicted octanol–water partition coefficient (Wildman–Crippen LogP) is 2.69. The smallest absolute Gasteiger partial charge is 0.335 e. The first-order chi connectivity index (χ1) is 9.16. The van der Waals surface area contributed by atoms with Crippen LogP contribution in [0.2, 0.25) is 0 Å². The first-order valence-electron chi connectivity index (χ1n) is 6.78. The Bertz CT molecular complexity index is 464. The van der Waals surface area contributed by atoms with Crippen LogP contribution in [-0.2, 0) is 0 Å². The summed E-state index contributed by atoms with van der Waals surface area (Å²) in [5, 5.41) is 11.7. The number of amides is 1. The minimum atomic E-state index is -1.01. The highest BCUT2D eigenvalue weighted by atomic mass is 16.4. The second-order valence-corrected chi connectivity index (χ2v) is 5.08. The molecule has 102 valence electrons. The van der Waals surface area contributed by atoms with Crippen LogP contribution in [0.25, 0.3) is 0 Å². The molecular weight excluding hydrogens is 242 g/mol. The fraction of sp³-hybridized carbons (Fsp3) is 0.467. The Labute approximate surface area is 112 Å². The second-order valence-electron chi connectivity index (χ2n) is 5.08. The molecule has 1 aromatic carbocycles. The Morgan fingerprint density at radius 3 is 2.58 bits per heavy atom. The van der Waals surface area contributed by atoms with Crippen molar-refractivity contribution >= 4 is 11.9 Å². The molecule has 1 saturated carbocycles. The summed E-state index contributed by atoms with van der Waals surface area (Å²) in [6.07, 6.45) is 6.16. The molecule has 0 aliphatic heterocycles. The van der Waals surface area contributed by atoms with Crippen molar-refractivity contribution in [2.45, 2.75) is 32.1 Å². The summed E-state index contributed by atoms with van der Waals surface area (Å²) in [7, 11) is 0. The molecule has 0 spiro atoms. The van der Waals surface area contributed by atoms with Crippen LogP contribution in [-0.4, -0.2) is 23.5 Å². The summed E-state index contributed by atoms with van der Waals surface area (Å²) in [5.41, 5.74) is 0.551. The SMILES string of the molecule is O=C(O)c1cccc(C(=O)NCCC2CCCC2)c1. The first kappa shape index (κ1) is 13.6. The van der Waals surface area contributed by atoms with Crippen molar-refractivity contribution in [2.24, 2.45) is 5.92 Å². The highest BCUT2D eigenvalue weighted by Gasteiger charge is 2.15. The zero-order chi connectivity index (χ0) is 13.7. The Balaban J connectivity index is 1.85. The molecule has 1 aliphatic rings. The highest BCUT2D eigenvalue weighted by molar-refractivity contribution is 5.97. The van der Waals surface area contributed by atoms with Crippen molar-refractivity contribution in [2.75, 3.05) is 6.54 Å². The fourth-order valence-corrected chi connectivity index (χ4v) is 2.58. The molecule has 1 aromatic rings. The van der Waals surface area contributed by atoms with Gasteiger partial charge in [0.1, 0.15) is 0 Å². The lowest BCUT2D eigenvalue weighted by molar-refractivity contribution is 0.0697. The third kappa shape index (κ3) is 3.81. The number of hydrogen-bond acceptors (Lipinski definition) is 2. The molecule has 2 rings (SSSR count). The van der Waals surface area contributed by atoms with Crippen molar-refractivity contribution < 1.29 is 14.7 Å². The predicted molar refractivity (Wildman–Crippen MR) is 72.3 cm³/mol. The van der Waals surface area contributed by atoms with Gasteiger partial charge < -0.3 is 10.4 Å². The zero-order valence-corrected chi connectivity index (χ0v) is 10.9. The third-order valence-corrected chi connectivity index (χ3v) is 3.68. The highest BCUT2D eigenvalue weighted by Crippen LogP contribution is 2.26. The minimum absolute atomic E-state index is 0.142. The summed E-state index contributed by atoms with van der Waals surface area (Å²) in [6, 6.07) is 6.12. The van der Waals surface area contributed by atoms with Gasteiger partial charge in [0.05, 0.1) is 5.56 Å². The van der Waals surface area contributed by atoms with Gasteiger partial charge in [-0.2, -0.15) is 0 Å². The molecule has 1 amide bonds. The van der Waals surface area contributed by atoms with Crippen LogP contribution in [0.4, 0.5) is 0 Å². The lowest BCUT2D eigenvalue weighted by Crippen LogP contribution is -2.25. The Morgan fingerprint density at radius 2 is 1.89 bits per heavy atom. The topological polar surface area (TPSA) is 66.4 Å². The van der Waals surface area contributed by atoms with Gasteiger partial charge in [-0.05, 0) is 30.5 Å². The number of rotatable bonds is 5. The lowest BCUT2D eigenvalue weighted by Gasteiger charge is -2.10. The van der Waals surface area contributed by atoms with Crippen molar-refractivity contribution in [3.05, 3.63) is 35.4 Å². The zero-order valence-electron chi connectivity index (χ0n) is 10.9. The van der Waals surface area contributed by atoms with Crippen molar-refractivity contribution in [3.63, 3.8) is 0 Å². The van der Waals surface area contributed by atoms with Gasteiger partial charge >= 0.3 is 5.97 Å². The Kier molecular flexibility index (Phi) is 4.55. The van der Waals surface area contributed by atoms with Crippen LogP contribution in [0.15, 0.2) is 24.3 Å². The van der Waals surface area contributed by atoms with Gasteiger partial charge in [0, 0.05) is 12.1 Å². The molecule has 2 N–H and O–H groups in total. The number of carbonyl (C=O) groups excluding carboxylic acids is 1. The number of carbonyl (C=O) groups is 2. The van der Waals surface area contributed by atoms with E-state index >= 15 is 0 Å². The molecule has 1 fully saturated rings. The van der Waals surface area contributed by atoms with Crippen LogP contribution < -0.4 is 5.32 Å².